The first-order valence-corrected chi connectivity index (χ1v) is 9.67. The Labute approximate surface area is 172 Å². The van der Waals surface area contributed by atoms with Gasteiger partial charge in [0.05, 0.1) is 18.6 Å². The zero-order valence-corrected chi connectivity index (χ0v) is 16.4. The Bertz CT molecular complexity index is 1270. The highest BCUT2D eigenvalue weighted by Crippen LogP contribution is 2.30. The highest BCUT2D eigenvalue weighted by atomic mass is 19.1. The van der Waals surface area contributed by atoms with Crippen molar-refractivity contribution in [1.82, 2.24) is 19.6 Å². The number of pyridine rings is 2. The van der Waals surface area contributed by atoms with Gasteiger partial charge in [-0.2, -0.15) is 0 Å². The van der Waals surface area contributed by atoms with Crippen molar-refractivity contribution < 1.29 is 13.9 Å². The van der Waals surface area contributed by atoms with Crippen molar-refractivity contribution in [3.63, 3.8) is 0 Å². The summed E-state index contributed by atoms with van der Waals surface area (Å²) in [5.41, 5.74) is 3.88. The zero-order chi connectivity index (χ0) is 20.5. The van der Waals surface area contributed by atoms with Crippen molar-refractivity contribution in [2.75, 3.05) is 7.11 Å². The van der Waals surface area contributed by atoms with Gasteiger partial charge in [0.15, 0.2) is 11.5 Å². The van der Waals surface area contributed by atoms with Gasteiger partial charge in [0.25, 0.3) is 0 Å². The number of ether oxygens (including phenoxy) is 2. The van der Waals surface area contributed by atoms with Crippen LogP contribution in [-0.4, -0.2) is 26.7 Å². The SMILES string of the molecule is COC1=Cc2nccc(OCc3nnc4ccc(-c5ccccc5F)cn34)c2CC1. The minimum atomic E-state index is -0.269. The van der Waals surface area contributed by atoms with E-state index in [1.807, 2.05) is 40.9 Å². The summed E-state index contributed by atoms with van der Waals surface area (Å²) in [6.07, 6.45) is 7.12. The first kappa shape index (κ1) is 18.3. The van der Waals surface area contributed by atoms with Gasteiger partial charge in [-0.3, -0.25) is 9.38 Å². The smallest absolute Gasteiger partial charge is 0.175 e. The topological polar surface area (TPSA) is 61.5 Å². The molecule has 0 atom stereocenters. The Morgan fingerprint density at radius 1 is 1.07 bits per heavy atom. The molecule has 4 aromatic rings. The van der Waals surface area contributed by atoms with Crippen LogP contribution < -0.4 is 4.74 Å². The number of fused-ring (bicyclic) bond motifs is 2. The molecule has 3 heterocycles. The van der Waals surface area contributed by atoms with Gasteiger partial charge >= 0.3 is 0 Å². The van der Waals surface area contributed by atoms with Gasteiger partial charge in [-0.05, 0) is 30.7 Å². The van der Waals surface area contributed by atoms with Gasteiger partial charge in [0, 0.05) is 41.6 Å². The van der Waals surface area contributed by atoms with Gasteiger partial charge < -0.3 is 9.47 Å². The number of hydrogen-bond acceptors (Lipinski definition) is 5. The summed E-state index contributed by atoms with van der Waals surface area (Å²) in [7, 11) is 1.67. The van der Waals surface area contributed by atoms with E-state index in [1.165, 1.54) is 6.07 Å². The van der Waals surface area contributed by atoms with Crippen LogP contribution in [0.3, 0.4) is 0 Å². The minimum Gasteiger partial charge on any atom is -0.501 e. The molecule has 1 aliphatic rings. The van der Waals surface area contributed by atoms with E-state index in [4.69, 9.17) is 9.47 Å². The van der Waals surface area contributed by atoms with Gasteiger partial charge in [0.2, 0.25) is 0 Å². The van der Waals surface area contributed by atoms with E-state index in [-0.39, 0.29) is 12.4 Å². The third kappa shape index (κ3) is 3.28. The van der Waals surface area contributed by atoms with E-state index in [1.54, 1.807) is 25.4 Å². The lowest BCUT2D eigenvalue weighted by molar-refractivity contribution is 0.274. The predicted octanol–water partition coefficient (Wildman–Crippen LogP) is 4.44. The van der Waals surface area contributed by atoms with Crippen LogP contribution >= 0.6 is 0 Å². The fraction of sp³-hybridized carbons (Fsp3) is 0.174. The van der Waals surface area contributed by atoms with Crippen molar-refractivity contribution in [3.05, 3.63) is 83.5 Å². The van der Waals surface area contributed by atoms with Gasteiger partial charge in [-0.15, -0.1) is 10.2 Å². The molecule has 0 saturated heterocycles. The maximum absolute atomic E-state index is 14.2. The summed E-state index contributed by atoms with van der Waals surface area (Å²) in [6.45, 7) is 0.235. The van der Waals surface area contributed by atoms with Crippen molar-refractivity contribution in [3.8, 4) is 16.9 Å². The number of nitrogens with zero attached hydrogens (tertiary/aromatic N) is 4. The van der Waals surface area contributed by atoms with Crippen molar-refractivity contribution in [2.45, 2.75) is 19.4 Å². The number of halogens is 1. The third-order valence-corrected chi connectivity index (χ3v) is 5.24. The van der Waals surface area contributed by atoms with E-state index in [9.17, 15) is 4.39 Å². The third-order valence-electron chi connectivity index (χ3n) is 5.24. The predicted molar refractivity (Wildman–Crippen MR) is 110 cm³/mol. The lowest BCUT2D eigenvalue weighted by Crippen LogP contribution is -2.08. The second-order valence-electron chi connectivity index (χ2n) is 7.02. The molecule has 0 fully saturated rings. The van der Waals surface area contributed by atoms with E-state index < -0.39 is 0 Å². The highest BCUT2D eigenvalue weighted by molar-refractivity contribution is 5.65. The first-order valence-electron chi connectivity index (χ1n) is 9.67. The Kier molecular flexibility index (Phi) is 4.63. The molecular weight excluding hydrogens is 383 g/mol. The number of allylic oxidation sites excluding steroid dienone is 1. The molecule has 3 aromatic heterocycles. The summed E-state index contributed by atoms with van der Waals surface area (Å²) in [5, 5.41) is 8.45. The normalized spacial score (nSPS) is 13.1. The van der Waals surface area contributed by atoms with Crippen LogP contribution in [0.1, 0.15) is 23.5 Å². The van der Waals surface area contributed by atoms with Crippen LogP contribution in [0.2, 0.25) is 0 Å². The van der Waals surface area contributed by atoms with Crippen LogP contribution in [0.25, 0.3) is 22.9 Å². The molecule has 7 heteroatoms. The molecule has 0 spiro atoms. The molecule has 0 N–H and O–H groups in total. The Morgan fingerprint density at radius 2 is 1.97 bits per heavy atom. The second kappa shape index (κ2) is 7.59. The molecule has 1 aromatic carbocycles. The minimum absolute atomic E-state index is 0.235. The molecular formula is C23H19FN4O2. The molecule has 30 heavy (non-hydrogen) atoms. The van der Waals surface area contributed by atoms with Gasteiger partial charge in [-0.25, -0.2) is 4.39 Å². The Balaban J connectivity index is 1.44. The molecule has 0 bridgehead atoms. The summed E-state index contributed by atoms with van der Waals surface area (Å²) in [5.74, 6) is 2.05. The van der Waals surface area contributed by atoms with E-state index in [0.29, 0.717) is 17.0 Å². The number of methoxy groups -OCH3 is 1. The molecule has 150 valence electrons. The largest absolute Gasteiger partial charge is 0.501 e. The molecule has 0 aliphatic heterocycles. The summed E-state index contributed by atoms with van der Waals surface area (Å²) in [6, 6.07) is 12.2. The number of rotatable bonds is 5. The molecule has 0 radical (unpaired) electrons. The van der Waals surface area contributed by atoms with Crippen LogP contribution in [0.4, 0.5) is 4.39 Å². The van der Waals surface area contributed by atoms with Gasteiger partial charge in [0.1, 0.15) is 18.2 Å². The van der Waals surface area contributed by atoms with E-state index >= 15 is 0 Å². The monoisotopic (exact) mass is 402 g/mol. The van der Waals surface area contributed by atoms with Gasteiger partial charge in [-0.1, -0.05) is 18.2 Å². The standard InChI is InChI=1S/C23H19FN4O2/c1-29-16-7-8-18-20(12-16)25-11-10-21(18)30-14-23-27-26-22-9-6-15(13-28(22)23)17-4-2-3-5-19(17)24/h2-6,9-13H,7-8,14H2,1H3. The quantitative estimate of drug-likeness (QED) is 0.494. The molecule has 1 aliphatic carbocycles. The molecule has 6 nitrogen and oxygen atoms in total. The summed E-state index contributed by atoms with van der Waals surface area (Å²) < 4.78 is 27.5. The average Bonchev–Trinajstić information content (AvgIpc) is 3.19. The van der Waals surface area contributed by atoms with Crippen LogP contribution in [0.5, 0.6) is 5.75 Å². The maximum atomic E-state index is 14.2. The average molecular weight is 402 g/mol. The van der Waals surface area contributed by atoms with Crippen LogP contribution in [0.15, 0.2) is 60.6 Å². The van der Waals surface area contributed by atoms with E-state index in [0.717, 1.165) is 41.2 Å². The van der Waals surface area contributed by atoms with Crippen molar-refractivity contribution >= 4 is 11.7 Å². The lowest BCUT2D eigenvalue weighted by atomic mass is 10.00. The van der Waals surface area contributed by atoms with Crippen LogP contribution in [0, 0.1) is 5.82 Å². The second-order valence-corrected chi connectivity index (χ2v) is 7.02. The Hall–Kier alpha value is -3.74. The maximum Gasteiger partial charge on any atom is 0.175 e. The summed E-state index contributed by atoms with van der Waals surface area (Å²) >= 11 is 0. The lowest BCUT2D eigenvalue weighted by Gasteiger charge is -2.18. The Morgan fingerprint density at radius 3 is 2.83 bits per heavy atom. The highest BCUT2D eigenvalue weighted by Gasteiger charge is 2.17. The molecule has 0 saturated carbocycles. The van der Waals surface area contributed by atoms with Crippen molar-refractivity contribution in [1.29, 1.82) is 0 Å². The molecule has 0 unspecified atom stereocenters. The summed E-state index contributed by atoms with van der Waals surface area (Å²) in [4.78, 5) is 4.42. The number of hydrogen-bond donors (Lipinski definition) is 0. The molecule has 5 rings (SSSR count). The zero-order valence-electron chi connectivity index (χ0n) is 16.4. The fourth-order valence-corrected chi connectivity index (χ4v) is 3.67. The number of benzene rings is 1. The molecule has 0 amide bonds. The first-order chi connectivity index (χ1) is 14.7. The van der Waals surface area contributed by atoms with Crippen molar-refractivity contribution in [2.24, 2.45) is 0 Å². The number of aromatic nitrogens is 4. The van der Waals surface area contributed by atoms with Crippen LogP contribution in [-0.2, 0) is 17.8 Å². The fourth-order valence-electron chi connectivity index (χ4n) is 3.67. The van der Waals surface area contributed by atoms with E-state index in [2.05, 4.69) is 15.2 Å².